The Kier molecular flexibility index (Phi) is 8.76. The molecule has 2 aromatic rings. The van der Waals surface area contributed by atoms with Gasteiger partial charge in [-0.3, -0.25) is 14.4 Å². The molecular weight excluding hydrogens is 471 g/mol. The summed E-state index contributed by atoms with van der Waals surface area (Å²) in [6, 6.07) is 12.1. The highest BCUT2D eigenvalue weighted by Gasteiger charge is 2.36. The van der Waals surface area contributed by atoms with Crippen LogP contribution in [-0.4, -0.2) is 47.8 Å². The number of carbonyl (C=O) groups excluding carboxylic acids is 3. The summed E-state index contributed by atoms with van der Waals surface area (Å²) in [7, 11) is 0. The lowest BCUT2D eigenvalue weighted by Crippen LogP contribution is -2.55. The van der Waals surface area contributed by atoms with Crippen molar-refractivity contribution in [2.75, 3.05) is 13.1 Å². The van der Waals surface area contributed by atoms with Crippen molar-refractivity contribution < 1.29 is 27.6 Å². The van der Waals surface area contributed by atoms with Crippen LogP contribution in [0, 0.1) is 11.8 Å². The van der Waals surface area contributed by atoms with Gasteiger partial charge < -0.3 is 15.5 Å². The zero-order valence-electron chi connectivity index (χ0n) is 20.6. The van der Waals surface area contributed by atoms with E-state index in [0.29, 0.717) is 18.4 Å². The van der Waals surface area contributed by atoms with Crippen molar-refractivity contribution in [3.8, 4) is 0 Å². The average Bonchev–Trinajstić information content (AvgIpc) is 2.86. The van der Waals surface area contributed by atoms with Gasteiger partial charge >= 0.3 is 6.18 Å². The number of hydrogen-bond donors (Lipinski definition) is 2. The molecule has 0 saturated carbocycles. The first-order chi connectivity index (χ1) is 17.0. The van der Waals surface area contributed by atoms with Crippen molar-refractivity contribution in [2.45, 2.75) is 51.9 Å². The molecule has 0 unspecified atom stereocenters. The molecule has 0 radical (unpaired) electrons. The highest BCUT2D eigenvalue weighted by atomic mass is 19.4. The number of hydrogen-bond acceptors (Lipinski definition) is 3. The lowest BCUT2D eigenvalue weighted by molar-refractivity contribution is -0.137. The fourth-order valence-corrected chi connectivity index (χ4v) is 4.14. The molecule has 6 nitrogen and oxygen atoms in total. The van der Waals surface area contributed by atoms with E-state index in [1.165, 1.54) is 17.0 Å². The summed E-state index contributed by atoms with van der Waals surface area (Å²) < 4.78 is 39.2. The van der Waals surface area contributed by atoms with Crippen molar-refractivity contribution in [3.63, 3.8) is 0 Å². The fourth-order valence-electron chi connectivity index (χ4n) is 4.14. The van der Waals surface area contributed by atoms with Gasteiger partial charge in [-0.05, 0) is 61.9 Å². The topological polar surface area (TPSA) is 78.5 Å². The van der Waals surface area contributed by atoms with E-state index in [2.05, 4.69) is 10.6 Å². The van der Waals surface area contributed by atoms with Crippen LogP contribution in [0.2, 0.25) is 0 Å². The number of benzene rings is 2. The van der Waals surface area contributed by atoms with Crippen LogP contribution < -0.4 is 10.6 Å². The van der Waals surface area contributed by atoms with Crippen LogP contribution in [0.1, 0.15) is 59.9 Å². The maximum Gasteiger partial charge on any atom is 0.416 e. The molecule has 1 aliphatic rings. The number of alkyl halides is 3. The van der Waals surface area contributed by atoms with Gasteiger partial charge in [-0.1, -0.05) is 38.1 Å². The summed E-state index contributed by atoms with van der Waals surface area (Å²) in [4.78, 5) is 40.4. The highest BCUT2D eigenvalue weighted by Crippen LogP contribution is 2.30. The van der Waals surface area contributed by atoms with Crippen molar-refractivity contribution in [3.05, 3.63) is 71.3 Å². The smallest absolute Gasteiger partial charge is 0.352 e. The predicted octanol–water partition coefficient (Wildman–Crippen LogP) is 4.52. The third-order valence-electron chi connectivity index (χ3n) is 6.71. The lowest BCUT2D eigenvalue weighted by Gasteiger charge is -2.36. The molecule has 1 saturated heterocycles. The van der Waals surface area contributed by atoms with Gasteiger partial charge in [0, 0.05) is 30.3 Å². The second-order valence-corrected chi connectivity index (χ2v) is 9.57. The zero-order valence-corrected chi connectivity index (χ0v) is 20.6. The first kappa shape index (κ1) is 27.2. The first-order valence-corrected chi connectivity index (χ1v) is 12.1. The molecule has 2 aromatic carbocycles. The standard InChI is InChI=1S/C27H32F3N3O3/c1-17(2)18(3)31-25(35)23(32-24(34)20-8-5-4-6-9-20)19-12-14-33(15-13-19)26(36)21-10-7-11-22(16-21)27(28,29)30/h4-11,16-19,23H,12-15H2,1-3H3,(H,31,35)(H,32,34)/t18-,23-/m1/s1. The minimum absolute atomic E-state index is 0.0271. The molecule has 1 aliphatic heterocycles. The largest absolute Gasteiger partial charge is 0.416 e. The average molecular weight is 504 g/mol. The molecule has 9 heteroatoms. The number of halogens is 3. The minimum atomic E-state index is -4.53. The molecule has 3 amide bonds. The van der Waals surface area contributed by atoms with Crippen LogP contribution in [0.3, 0.4) is 0 Å². The number of amides is 3. The van der Waals surface area contributed by atoms with Crippen LogP contribution in [0.25, 0.3) is 0 Å². The molecule has 1 fully saturated rings. The Morgan fingerprint density at radius 1 is 0.889 bits per heavy atom. The maximum atomic E-state index is 13.2. The van der Waals surface area contributed by atoms with Gasteiger partial charge in [-0.15, -0.1) is 0 Å². The molecule has 2 N–H and O–H groups in total. The van der Waals surface area contributed by atoms with E-state index in [1.54, 1.807) is 30.3 Å². The number of nitrogens with one attached hydrogen (secondary N) is 2. The molecule has 2 atom stereocenters. The molecule has 0 bridgehead atoms. The summed E-state index contributed by atoms with van der Waals surface area (Å²) >= 11 is 0. The summed E-state index contributed by atoms with van der Waals surface area (Å²) in [5.74, 6) is -1.17. The minimum Gasteiger partial charge on any atom is -0.352 e. The van der Waals surface area contributed by atoms with Crippen molar-refractivity contribution in [1.82, 2.24) is 15.5 Å². The maximum absolute atomic E-state index is 13.2. The Morgan fingerprint density at radius 2 is 1.50 bits per heavy atom. The highest BCUT2D eigenvalue weighted by molar-refractivity contribution is 5.97. The molecule has 194 valence electrons. The second-order valence-electron chi connectivity index (χ2n) is 9.57. The van der Waals surface area contributed by atoms with Gasteiger partial charge in [0.05, 0.1) is 5.56 Å². The molecule has 3 rings (SSSR count). The Hall–Kier alpha value is -3.36. The van der Waals surface area contributed by atoms with Gasteiger partial charge in [0.1, 0.15) is 6.04 Å². The number of likely N-dealkylation sites (tertiary alicyclic amines) is 1. The number of piperidine rings is 1. The van der Waals surface area contributed by atoms with E-state index in [9.17, 15) is 27.6 Å². The number of rotatable bonds is 7. The van der Waals surface area contributed by atoms with Crippen LogP contribution >= 0.6 is 0 Å². The first-order valence-electron chi connectivity index (χ1n) is 12.1. The predicted molar refractivity (Wildman–Crippen MR) is 130 cm³/mol. The van der Waals surface area contributed by atoms with Crippen LogP contribution in [0.5, 0.6) is 0 Å². The van der Waals surface area contributed by atoms with Gasteiger partial charge in [0.15, 0.2) is 0 Å². The summed E-state index contributed by atoms with van der Waals surface area (Å²) in [5.41, 5.74) is -0.465. The molecular formula is C27H32F3N3O3. The number of carbonyl (C=O) groups is 3. The molecule has 0 aromatic heterocycles. The molecule has 36 heavy (non-hydrogen) atoms. The Morgan fingerprint density at radius 3 is 2.08 bits per heavy atom. The Labute approximate surface area is 209 Å². The van der Waals surface area contributed by atoms with E-state index < -0.39 is 23.7 Å². The molecule has 1 heterocycles. The monoisotopic (exact) mass is 503 g/mol. The van der Waals surface area contributed by atoms with E-state index >= 15 is 0 Å². The quantitative estimate of drug-likeness (QED) is 0.583. The molecule has 0 spiro atoms. The lowest BCUT2D eigenvalue weighted by atomic mass is 9.87. The van der Waals surface area contributed by atoms with Crippen molar-refractivity contribution in [2.24, 2.45) is 11.8 Å². The van der Waals surface area contributed by atoms with Gasteiger partial charge in [-0.2, -0.15) is 13.2 Å². The zero-order chi connectivity index (χ0) is 26.5. The van der Waals surface area contributed by atoms with Crippen molar-refractivity contribution >= 4 is 17.7 Å². The number of nitrogens with zero attached hydrogens (tertiary/aromatic N) is 1. The summed E-state index contributed by atoms with van der Waals surface area (Å²) in [5, 5.41) is 5.84. The van der Waals surface area contributed by atoms with E-state index in [1.807, 2.05) is 20.8 Å². The van der Waals surface area contributed by atoms with Crippen LogP contribution in [0.15, 0.2) is 54.6 Å². The fraction of sp³-hybridized carbons (Fsp3) is 0.444. The van der Waals surface area contributed by atoms with E-state index in [0.717, 1.165) is 12.1 Å². The third-order valence-corrected chi connectivity index (χ3v) is 6.71. The van der Waals surface area contributed by atoms with Gasteiger partial charge in [0.2, 0.25) is 5.91 Å². The Bertz CT molecular complexity index is 1060. The van der Waals surface area contributed by atoms with Crippen molar-refractivity contribution in [1.29, 1.82) is 0 Å². The van der Waals surface area contributed by atoms with E-state index in [-0.39, 0.29) is 48.3 Å². The summed E-state index contributed by atoms with van der Waals surface area (Å²) in [6.45, 7) is 6.41. The van der Waals surface area contributed by atoms with Gasteiger partial charge in [-0.25, -0.2) is 0 Å². The van der Waals surface area contributed by atoms with Crippen LogP contribution in [-0.2, 0) is 11.0 Å². The normalized spacial score (nSPS) is 16.4. The van der Waals surface area contributed by atoms with E-state index in [4.69, 9.17) is 0 Å². The summed E-state index contributed by atoms with van der Waals surface area (Å²) in [6.07, 6.45) is -3.68. The second kappa shape index (κ2) is 11.6. The van der Waals surface area contributed by atoms with Gasteiger partial charge in [0.25, 0.3) is 11.8 Å². The molecule has 0 aliphatic carbocycles. The third kappa shape index (κ3) is 6.86. The Balaban J connectivity index is 1.71. The van der Waals surface area contributed by atoms with Crippen LogP contribution in [0.4, 0.5) is 13.2 Å². The SMILES string of the molecule is CC(C)[C@@H](C)NC(=O)[C@H](NC(=O)c1ccccc1)C1CCN(C(=O)c2cccc(C(F)(F)F)c2)CC1.